The highest BCUT2D eigenvalue weighted by Gasteiger charge is 2.28. The minimum absolute atomic E-state index is 0.0195. The highest BCUT2D eigenvalue weighted by Crippen LogP contribution is 2.22. The van der Waals surface area contributed by atoms with E-state index in [1.165, 1.54) is 12.7 Å². The van der Waals surface area contributed by atoms with E-state index in [2.05, 4.69) is 12.1 Å². The molecule has 0 bridgehead atoms. The normalized spacial score (nSPS) is 22.4. The Balaban J connectivity index is 1.98. The maximum Gasteiger partial charge on any atom is 0.409 e. The third-order valence-electron chi connectivity index (χ3n) is 3.69. The van der Waals surface area contributed by atoms with Crippen molar-refractivity contribution in [2.24, 2.45) is 11.7 Å². The van der Waals surface area contributed by atoms with E-state index in [0.717, 1.165) is 18.6 Å². The third-order valence-corrected chi connectivity index (χ3v) is 3.69. The van der Waals surface area contributed by atoms with Gasteiger partial charge in [-0.2, -0.15) is 0 Å². The van der Waals surface area contributed by atoms with E-state index in [9.17, 15) is 4.79 Å². The van der Waals surface area contributed by atoms with Gasteiger partial charge in [0.15, 0.2) is 0 Å². The van der Waals surface area contributed by atoms with Crippen molar-refractivity contribution in [2.45, 2.75) is 18.9 Å². The summed E-state index contributed by atoms with van der Waals surface area (Å²) in [7, 11) is 3.06. The van der Waals surface area contributed by atoms with Gasteiger partial charge in [0, 0.05) is 19.1 Å². The molecule has 110 valence electrons. The maximum absolute atomic E-state index is 11.6. The molecule has 2 atom stereocenters. The van der Waals surface area contributed by atoms with Crippen molar-refractivity contribution in [1.29, 1.82) is 0 Å². The molecule has 0 radical (unpaired) electrons. The van der Waals surface area contributed by atoms with Crippen LogP contribution in [0.15, 0.2) is 24.3 Å². The number of carbonyl (C=O) groups is 1. The zero-order valence-corrected chi connectivity index (χ0v) is 12.0. The van der Waals surface area contributed by atoms with Gasteiger partial charge in [-0.05, 0) is 36.5 Å². The van der Waals surface area contributed by atoms with Crippen LogP contribution >= 0.6 is 0 Å². The summed E-state index contributed by atoms with van der Waals surface area (Å²) in [6, 6.07) is 8.04. The van der Waals surface area contributed by atoms with Gasteiger partial charge >= 0.3 is 6.09 Å². The molecule has 1 aliphatic rings. The Morgan fingerprint density at radius 1 is 1.30 bits per heavy atom. The largest absolute Gasteiger partial charge is 0.497 e. The molecule has 0 saturated carbocycles. The number of rotatable bonds is 3. The molecular weight excluding hydrogens is 256 g/mol. The quantitative estimate of drug-likeness (QED) is 0.913. The molecule has 5 nitrogen and oxygen atoms in total. The Labute approximate surface area is 119 Å². The third kappa shape index (κ3) is 3.63. The van der Waals surface area contributed by atoms with Crippen LogP contribution in [-0.4, -0.2) is 44.3 Å². The number of methoxy groups -OCH3 is 2. The van der Waals surface area contributed by atoms with Crippen LogP contribution in [0.25, 0.3) is 0 Å². The molecule has 1 saturated heterocycles. The fourth-order valence-electron chi connectivity index (χ4n) is 2.77. The van der Waals surface area contributed by atoms with Gasteiger partial charge in [0.2, 0.25) is 0 Å². The van der Waals surface area contributed by atoms with E-state index in [1.807, 2.05) is 12.1 Å². The number of nitrogens with two attached hydrogens (primary N) is 1. The number of hydrogen-bond donors (Lipinski definition) is 1. The van der Waals surface area contributed by atoms with E-state index in [1.54, 1.807) is 12.0 Å². The highest BCUT2D eigenvalue weighted by atomic mass is 16.5. The van der Waals surface area contributed by atoms with Gasteiger partial charge in [-0.1, -0.05) is 12.1 Å². The Kier molecular flexibility index (Phi) is 4.84. The first-order valence-electron chi connectivity index (χ1n) is 6.83. The second kappa shape index (κ2) is 6.61. The van der Waals surface area contributed by atoms with E-state index in [0.29, 0.717) is 19.0 Å². The number of hydrogen-bond acceptors (Lipinski definition) is 4. The van der Waals surface area contributed by atoms with Gasteiger partial charge in [0.1, 0.15) is 5.75 Å². The minimum Gasteiger partial charge on any atom is -0.497 e. The number of ether oxygens (including phenoxy) is 2. The minimum atomic E-state index is -0.292. The Morgan fingerprint density at radius 3 is 2.60 bits per heavy atom. The van der Waals surface area contributed by atoms with Crippen molar-refractivity contribution in [3.63, 3.8) is 0 Å². The van der Waals surface area contributed by atoms with Crippen molar-refractivity contribution in [3.8, 4) is 5.75 Å². The van der Waals surface area contributed by atoms with Crippen LogP contribution in [0.3, 0.4) is 0 Å². The second-order valence-electron chi connectivity index (χ2n) is 5.29. The van der Waals surface area contributed by atoms with Crippen LogP contribution in [0.2, 0.25) is 0 Å². The predicted octanol–water partition coefficient (Wildman–Crippen LogP) is 1.65. The van der Waals surface area contributed by atoms with Crippen LogP contribution in [-0.2, 0) is 11.2 Å². The molecule has 1 fully saturated rings. The number of likely N-dealkylation sites (tertiary alicyclic amines) is 1. The van der Waals surface area contributed by atoms with Crippen LogP contribution in [0, 0.1) is 5.92 Å². The zero-order chi connectivity index (χ0) is 14.5. The summed E-state index contributed by atoms with van der Waals surface area (Å²) in [5, 5.41) is 0. The lowest BCUT2D eigenvalue weighted by Gasteiger charge is -2.35. The lowest BCUT2D eigenvalue weighted by Crippen LogP contribution is -2.49. The first-order chi connectivity index (χ1) is 9.62. The van der Waals surface area contributed by atoms with Crippen LogP contribution in [0.4, 0.5) is 4.79 Å². The SMILES string of the molecule is COC(=O)N1CC(N)CC(Cc2ccc(OC)cc2)C1. The number of piperidine rings is 1. The molecule has 1 aliphatic heterocycles. The lowest BCUT2D eigenvalue weighted by atomic mass is 9.89. The van der Waals surface area contributed by atoms with Crippen molar-refractivity contribution in [3.05, 3.63) is 29.8 Å². The summed E-state index contributed by atoms with van der Waals surface area (Å²) in [5.74, 6) is 1.22. The fraction of sp³-hybridized carbons (Fsp3) is 0.533. The van der Waals surface area contributed by atoms with Gasteiger partial charge in [-0.15, -0.1) is 0 Å². The topological polar surface area (TPSA) is 64.8 Å². The van der Waals surface area contributed by atoms with Crippen molar-refractivity contribution in [1.82, 2.24) is 4.90 Å². The monoisotopic (exact) mass is 278 g/mol. The number of benzene rings is 1. The number of amides is 1. The van der Waals surface area contributed by atoms with E-state index in [4.69, 9.17) is 15.2 Å². The van der Waals surface area contributed by atoms with Crippen LogP contribution < -0.4 is 10.5 Å². The summed E-state index contributed by atoms with van der Waals surface area (Å²) in [4.78, 5) is 13.3. The van der Waals surface area contributed by atoms with Gasteiger partial charge in [-0.25, -0.2) is 4.79 Å². The molecule has 2 unspecified atom stereocenters. The van der Waals surface area contributed by atoms with E-state index >= 15 is 0 Å². The average molecular weight is 278 g/mol. The maximum atomic E-state index is 11.6. The van der Waals surface area contributed by atoms with E-state index in [-0.39, 0.29) is 12.1 Å². The molecule has 0 aromatic heterocycles. The molecule has 1 aromatic rings. The number of carbonyl (C=O) groups excluding carboxylic acids is 1. The standard InChI is InChI=1S/C15H22N2O3/c1-19-14-5-3-11(4-6-14)7-12-8-13(16)10-17(9-12)15(18)20-2/h3-6,12-13H,7-10,16H2,1-2H3. The summed E-state index contributed by atoms with van der Waals surface area (Å²) in [5.41, 5.74) is 7.27. The average Bonchev–Trinajstić information content (AvgIpc) is 2.46. The zero-order valence-electron chi connectivity index (χ0n) is 12.0. The molecule has 1 aromatic carbocycles. The summed E-state index contributed by atoms with van der Waals surface area (Å²) < 4.78 is 9.93. The molecule has 2 N–H and O–H groups in total. The first kappa shape index (κ1) is 14.7. The fourth-order valence-corrected chi connectivity index (χ4v) is 2.77. The van der Waals surface area contributed by atoms with Crippen LogP contribution in [0.5, 0.6) is 5.75 Å². The molecular formula is C15H22N2O3. The van der Waals surface area contributed by atoms with Crippen molar-refractivity contribution in [2.75, 3.05) is 27.3 Å². The first-order valence-corrected chi connectivity index (χ1v) is 6.83. The molecule has 2 rings (SSSR count). The molecule has 20 heavy (non-hydrogen) atoms. The summed E-state index contributed by atoms with van der Waals surface area (Å²) in [6.07, 6.45) is 1.55. The lowest BCUT2D eigenvalue weighted by molar-refractivity contribution is 0.0962. The molecule has 0 aliphatic carbocycles. The smallest absolute Gasteiger partial charge is 0.409 e. The molecule has 1 amide bonds. The van der Waals surface area contributed by atoms with Gasteiger partial charge in [0.05, 0.1) is 14.2 Å². The van der Waals surface area contributed by atoms with Gasteiger partial charge < -0.3 is 20.1 Å². The molecule has 0 spiro atoms. The Bertz CT molecular complexity index is 447. The molecule has 1 heterocycles. The van der Waals surface area contributed by atoms with Crippen molar-refractivity contribution < 1.29 is 14.3 Å². The Hall–Kier alpha value is -1.75. The second-order valence-corrected chi connectivity index (χ2v) is 5.29. The highest BCUT2D eigenvalue weighted by molar-refractivity contribution is 5.67. The van der Waals surface area contributed by atoms with Crippen molar-refractivity contribution >= 4 is 6.09 Å². The van der Waals surface area contributed by atoms with E-state index < -0.39 is 0 Å². The van der Waals surface area contributed by atoms with Gasteiger partial charge in [-0.3, -0.25) is 0 Å². The summed E-state index contributed by atoms with van der Waals surface area (Å²) in [6.45, 7) is 1.28. The summed E-state index contributed by atoms with van der Waals surface area (Å²) >= 11 is 0. The number of nitrogens with zero attached hydrogens (tertiary/aromatic N) is 1. The predicted molar refractivity (Wildman–Crippen MR) is 76.8 cm³/mol. The Morgan fingerprint density at radius 2 is 2.00 bits per heavy atom. The van der Waals surface area contributed by atoms with Crippen LogP contribution in [0.1, 0.15) is 12.0 Å². The molecule has 5 heteroatoms. The van der Waals surface area contributed by atoms with Gasteiger partial charge in [0.25, 0.3) is 0 Å².